The average molecular weight is 272 g/mol. The second kappa shape index (κ2) is 4.15. The number of rotatable bonds is 2. The summed E-state index contributed by atoms with van der Waals surface area (Å²) in [6.07, 6.45) is 0.417. The molecule has 0 aromatic rings. The third kappa shape index (κ3) is 1.74. The normalized spacial score (nSPS) is 46.9. The highest BCUT2D eigenvalue weighted by Crippen LogP contribution is 2.56. The zero-order valence-corrected chi connectivity index (χ0v) is 11.7. The minimum absolute atomic E-state index is 0.255. The Morgan fingerprint density at radius 3 is 2.47 bits per heavy atom. The highest BCUT2D eigenvalue weighted by molar-refractivity contribution is 5.75. The molecule has 5 atom stereocenters. The Balaban J connectivity index is 1.89. The summed E-state index contributed by atoms with van der Waals surface area (Å²) in [7, 11) is 2.96. The van der Waals surface area contributed by atoms with Gasteiger partial charge in [0, 0.05) is 7.11 Å². The molecule has 1 saturated carbocycles. The summed E-state index contributed by atoms with van der Waals surface area (Å²) < 4.78 is 27.9. The zero-order valence-electron chi connectivity index (χ0n) is 11.7. The molecule has 2 heterocycles. The molecule has 0 N–H and O–H groups in total. The van der Waals surface area contributed by atoms with Gasteiger partial charge in [-0.2, -0.15) is 0 Å². The van der Waals surface area contributed by atoms with Crippen LogP contribution in [0.2, 0.25) is 0 Å². The predicted molar refractivity (Wildman–Crippen MR) is 63.2 cm³/mol. The smallest absolute Gasteiger partial charge is 0.311 e. The van der Waals surface area contributed by atoms with Crippen LogP contribution in [0.3, 0.4) is 0 Å². The Labute approximate surface area is 112 Å². The van der Waals surface area contributed by atoms with Crippen molar-refractivity contribution in [2.75, 3.05) is 14.2 Å². The molecular formula is C13H20O6. The third-order valence-electron chi connectivity index (χ3n) is 4.35. The standard InChI is InChI=1S/C13H20O6/c1-12(2)17-8-9(18-12)13(19-11(8)16-4)6-5-7(13)10(14)15-3/h7-9,11H,5-6H2,1-4H3/t7?,8?,9?,11?,13-/m1/s1. The lowest BCUT2D eigenvalue weighted by Crippen LogP contribution is -2.59. The monoisotopic (exact) mass is 272 g/mol. The number of hydrogen-bond acceptors (Lipinski definition) is 6. The predicted octanol–water partition coefficient (Wildman–Crippen LogP) is 0.831. The van der Waals surface area contributed by atoms with Crippen molar-refractivity contribution in [2.24, 2.45) is 5.92 Å². The van der Waals surface area contributed by atoms with Gasteiger partial charge in [0.05, 0.1) is 13.0 Å². The van der Waals surface area contributed by atoms with Gasteiger partial charge in [0.25, 0.3) is 0 Å². The van der Waals surface area contributed by atoms with E-state index < -0.39 is 17.7 Å². The van der Waals surface area contributed by atoms with Crippen LogP contribution in [0.5, 0.6) is 0 Å². The number of esters is 1. The van der Waals surface area contributed by atoms with Crippen molar-refractivity contribution < 1.29 is 28.5 Å². The molecule has 3 rings (SSSR count). The van der Waals surface area contributed by atoms with E-state index in [1.807, 2.05) is 13.8 Å². The summed E-state index contributed by atoms with van der Waals surface area (Å²) in [6, 6.07) is 0. The van der Waals surface area contributed by atoms with Crippen molar-refractivity contribution in [1.82, 2.24) is 0 Å². The maximum Gasteiger partial charge on any atom is 0.311 e. The summed E-state index contributed by atoms with van der Waals surface area (Å²) in [5, 5.41) is 0. The van der Waals surface area contributed by atoms with E-state index in [1.54, 1.807) is 7.11 Å². The van der Waals surface area contributed by atoms with Crippen LogP contribution in [0.25, 0.3) is 0 Å². The molecule has 3 aliphatic rings. The van der Waals surface area contributed by atoms with Crippen LogP contribution < -0.4 is 0 Å². The lowest BCUT2D eigenvalue weighted by atomic mass is 9.66. The second-order valence-corrected chi connectivity index (χ2v) is 5.81. The molecule has 1 spiro atoms. The highest BCUT2D eigenvalue weighted by atomic mass is 16.8. The molecule has 0 aromatic carbocycles. The van der Waals surface area contributed by atoms with E-state index in [9.17, 15) is 4.79 Å². The molecule has 6 heteroatoms. The van der Waals surface area contributed by atoms with Gasteiger partial charge in [-0.25, -0.2) is 0 Å². The summed E-state index contributed by atoms with van der Waals surface area (Å²) in [6.45, 7) is 3.72. The SMILES string of the molecule is COC(=O)C1CC[C@@]12OC(OC)C1OC(C)(C)OC12. The summed E-state index contributed by atoms with van der Waals surface area (Å²) in [4.78, 5) is 11.9. The van der Waals surface area contributed by atoms with E-state index in [0.29, 0.717) is 0 Å². The molecule has 2 aliphatic heterocycles. The number of methoxy groups -OCH3 is 2. The van der Waals surface area contributed by atoms with E-state index >= 15 is 0 Å². The molecule has 0 amide bonds. The number of hydrogen-bond donors (Lipinski definition) is 0. The van der Waals surface area contributed by atoms with Crippen LogP contribution in [0.1, 0.15) is 26.7 Å². The van der Waals surface area contributed by atoms with Gasteiger partial charge in [0.2, 0.25) is 0 Å². The molecular weight excluding hydrogens is 252 g/mol. The first-order valence-electron chi connectivity index (χ1n) is 6.57. The summed E-state index contributed by atoms with van der Waals surface area (Å²) in [5.74, 6) is -1.24. The van der Waals surface area contributed by atoms with Crippen LogP contribution in [0, 0.1) is 5.92 Å². The quantitative estimate of drug-likeness (QED) is 0.694. The Morgan fingerprint density at radius 1 is 1.21 bits per heavy atom. The maximum absolute atomic E-state index is 11.9. The fourth-order valence-corrected chi connectivity index (χ4v) is 3.41. The first kappa shape index (κ1) is 13.3. The van der Waals surface area contributed by atoms with E-state index in [-0.39, 0.29) is 24.1 Å². The highest BCUT2D eigenvalue weighted by Gasteiger charge is 2.70. The van der Waals surface area contributed by atoms with Crippen molar-refractivity contribution in [2.45, 2.75) is 56.6 Å². The van der Waals surface area contributed by atoms with Crippen molar-refractivity contribution in [1.29, 1.82) is 0 Å². The maximum atomic E-state index is 11.9. The van der Waals surface area contributed by atoms with Crippen LogP contribution in [0.15, 0.2) is 0 Å². The summed E-state index contributed by atoms with van der Waals surface area (Å²) >= 11 is 0. The first-order valence-corrected chi connectivity index (χ1v) is 6.57. The molecule has 1 aliphatic carbocycles. The molecule has 4 unspecified atom stereocenters. The number of carbonyl (C=O) groups excluding carboxylic acids is 1. The van der Waals surface area contributed by atoms with Gasteiger partial charge in [0.1, 0.15) is 17.8 Å². The Morgan fingerprint density at radius 2 is 1.95 bits per heavy atom. The number of ether oxygens (including phenoxy) is 5. The Bertz CT molecular complexity index is 395. The molecule has 108 valence electrons. The Hall–Kier alpha value is -0.690. The average Bonchev–Trinajstić information content (AvgIpc) is 2.79. The fourth-order valence-electron chi connectivity index (χ4n) is 3.41. The van der Waals surface area contributed by atoms with Crippen LogP contribution in [0.4, 0.5) is 0 Å². The molecule has 2 saturated heterocycles. The van der Waals surface area contributed by atoms with E-state index in [4.69, 9.17) is 23.7 Å². The molecule has 19 heavy (non-hydrogen) atoms. The molecule has 0 bridgehead atoms. The van der Waals surface area contributed by atoms with Gasteiger partial charge in [-0.15, -0.1) is 0 Å². The van der Waals surface area contributed by atoms with Crippen LogP contribution >= 0.6 is 0 Å². The first-order chi connectivity index (χ1) is 8.93. The van der Waals surface area contributed by atoms with Gasteiger partial charge < -0.3 is 23.7 Å². The topological polar surface area (TPSA) is 63.2 Å². The molecule has 3 fully saturated rings. The van der Waals surface area contributed by atoms with Gasteiger partial charge in [-0.3, -0.25) is 4.79 Å². The van der Waals surface area contributed by atoms with E-state index in [0.717, 1.165) is 12.8 Å². The van der Waals surface area contributed by atoms with Gasteiger partial charge in [0.15, 0.2) is 12.1 Å². The minimum atomic E-state index is -0.681. The van der Waals surface area contributed by atoms with Crippen LogP contribution in [-0.2, 0) is 28.5 Å². The van der Waals surface area contributed by atoms with E-state index in [1.165, 1.54) is 7.11 Å². The minimum Gasteiger partial charge on any atom is -0.469 e. The van der Waals surface area contributed by atoms with Crippen LogP contribution in [-0.4, -0.2) is 50.1 Å². The van der Waals surface area contributed by atoms with Crippen molar-refractivity contribution in [3.63, 3.8) is 0 Å². The Kier molecular flexibility index (Phi) is 2.91. The van der Waals surface area contributed by atoms with Gasteiger partial charge in [-0.1, -0.05) is 0 Å². The fraction of sp³-hybridized carbons (Fsp3) is 0.923. The van der Waals surface area contributed by atoms with Crippen molar-refractivity contribution >= 4 is 5.97 Å². The number of carbonyl (C=O) groups is 1. The summed E-state index contributed by atoms with van der Waals surface area (Å²) in [5.41, 5.74) is -0.661. The van der Waals surface area contributed by atoms with Gasteiger partial charge >= 0.3 is 5.97 Å². The molecule has 0 aromatic heterocycles. The van der Waals surface area contributed by atoms with Gasteiger partial charge in [-0.05, 0) is 26.7 Å². The van der Waals surface area contributed by atoms with Crippen molar-refractivity contribution in [3.05, 3.63) is 0 Å². The lowest BCUT2D eigenvalue weighted by molar-refractivity contribution is -0.279. The third-order valence-corrected chi connectivity index (χ3v) is 4.35. The molecule has 0 radical (unpaired) electrons. The zero-order chi connectivity index (χ0) is 13.8. The molecule has 6 nitrogen and oxygen atoms in total. The largest absolute Gasteiger partial charge is 0.469 e. The lowest BCUT2D eigenvalue weighted by Gasteiger charge is -2.47. The van der Waals surface area contributed by atoms with Crippen molar-refractivity contribution in [3.8, 4) is 0 Å². The second-order valence-electron chi connectivity index (χ2n) is 5.81. The number of fused-ring (bicyclic) bond motifs is 2. The van der Waals surface area contributed by atoms with E-state index in [2.05, 4.69) is 0 Å².